The summed E-state index contributed by atoms with van der Waals surface area (Å²) in [4.78, 5) is 27.0. The van der Waals surface area contributed by atoms with Gasteiger partial charge < -0.3 is 14.8 Å². The Balaban J connectivity index is 1.68. The Morgan fingerprint density at radius 2 is 1.54 bits per heavy atom. The van der Waals surface area contributed by atoms with E-state index in [4.69, 9.17) is 9.47 Å². The number of fused-ring (bicyclic) bond motifs is 1. The van der Waals surface area contributed by atoms with Crippen molar-refractivity contribution < 1.29 is 19.1 Å². The Morgan fingerprint density at radius 1 is 0.914 bits per heavy atom. The highest BCUT2D eigenvalue weighted by Gasteiger charge is 2.38. The number of methoxy groups -OCH3 is 2. The molecule has 35 heavy (non-hydrogen) atoms. The van der Waals surface area contributed by atoms with Gasteiger partial charge in [-0.15, -0.1) is 11.3 Å². The Kier molecular flexibility index (Phi) is 6.78. The van der Waals surface area contributed by atoms with Gasteiger partial charge in [0.25, 0.3) is 5.91 Å². The van der Waals surface area contributed by atoms with Crippen LogP contribution >= 0.6 is 11.3 Å². The minimum Gasteiger partial charge on any atom is -0.496 e. The lowest BCUT2D eigenvalue weighted by atomic mass is 9.63. The maximum Gasteiger partial charge on any atom is 0.333 e. The van der Waals surface area contributed by atoms with Crippen molar-refractivity contribution in [3.8, 4) is 16.2 Å². The van der Waals surface area contributed by atoms with Crippen LogP contribution in [0, 0.1) is 0 Å². The number of hydrogen-bond acceptors (Lipinski definition) is 5. The van der Waals surface area contributed by atoms with E-state index in [9.17, 15) is 9.59 Å². The minimum atomic E-state index is -0.874. The second-order valence-corrected chi connectivity index (χ2v) is 11.5. The number of ether oxygens (including phenoxy) is 2. The largest absolute Gasteiger partial charge is 0.496 e. The van der Waals surface area contributed by atoms with Crippen molar-refractivity contribution in [2.75, 3.05) is 14.2 Å². The Labute approximate surface area is 211 Å². The third kappa shape index (κ3) is 4.85. The topological polar surface area (TPSA) is 64.6 Å². The van der Waals surface area contributed by atoms with Crippen LogP contribution in [0.25, 0.3) is 10.4 Å². The summed E-state index contributed by atoms with van der Waals surface area (Å²) >= 11 is 1.39. The number of carbonyl (C=O) groups is 2. The number of thiophene rings is 1. The van der Waals surface area contributed by atoms with E-state index < -0.39 is 12.0 Å². The maximum absolute atomic E-state index is 13.1. The van der Waals surface area contributed by atoms with Crippen LogP contribution in [0.15, 0.2) is 54.6 Å². The molecule has 1 aliphatic rings. The van der Waals surface area contributed by atoms with Gasteiger partial charge in [0, 0.05) is 10.4 Å². The molecule has 1 unspecified atom stereocenters. The molecule has 4 rings (SSSR count). The maximum atomic E-state index is 13.1. The molecule has 0 radical (unpaired) electrons. The van der Waals surface area contributed by atoms with E-state index in [0.29, 0.717) is 10.4 Å². The third-order valence-corrected chi connectivity index (χ3v) is 8.23. The van der Waals surface area contributed by atoms with Gasteiger partial charge >= 0.3 is 5.97 Å². The molecule has 0 bridgehead atoms. The SMILES string of the molecule is COC(=O)C(NC(=O)c1ccc(-c2cc3c(cc2OC)C(C)(C)CCC3(C)C)s1)c1ccccc1. The van der Waals surface area contributed by atoms with Gasteiger partial charge in [0.2, 0.25) is 0 Å². The lowest BCUT2D eigenvalue weighted by molar-refractivity contribution is -0.143. The van der Waals surface area contributed by atoms with E-state index in [0.717, 1.165) is 29.0 Å². The molecule has 1 N–H and O–H groups in total. The molecule has 6 heteroatoms. The summed E-state index contributed by atoms with van der Waals surface area (Å²) in [5.41, 5.74) is 4.45. The highest BCUT2D eigenvalue weighted by molar-refractivity contribution is 7.17. The highest BCUT2D eigenvalue weighted by atomic mass is 32.1. The van der Waals surface area contributed by atoms with Gasteiger partial charge in [-0.05, 0) is 64.6 Å². The van der Waals surface area contributed by atoms with Gasteiger partial charge in [0.15, 0.2) is 6.04 Å². The predicted molar refractivity (Wildman–Crippen MR) is 140 cm³/mol. The molecule has 2 aromatic carbocycles. The second kappa shape index (κ2) is 9.50. The molecule has 1 aromatic heterocycles. The first-order valence-electron chi connectivity index (χ1n) is 11.8. The van der Waals surface area contributed by atoms with E-state index in [1.807, 2.05) is 24.3 Å². The average Bonchev–Trinajstić information content (AvgIpc) is 3.35. The fraction of sp³-hybridized carbons (Fsp3) is 0.379. The van der Waals surface area contributed by atoms with Crippen LogP contribution in [-0.4, -0.2) is 26.1 Å². The van der Waals surface area contributed by atoms with Crippen LogP contribution in [0.5, 0.6) is 5.75 Å². The molecule has 1 heterocycles. The van der Waals surface area contributed by atoms with Crippen molar-refractivity contribution in [3.63, 3.8) is 0 Å². The zero-order valence-electron chi connectivity index (χ0n) is 21.2. The number of carbonyl (C=O) groups excluding carboxylic acids is 2. The first-order valence-corrected chi connectivity index (χ1v) is 12.7. The smallest absolute Gasteiger partial charge is 0.333 e. The molecule has 0 fully saturated rings. The molecule has 0 aliphatic heterocycles. The summed E-state index contributed by atoms with van der Waals surface area (Å²) < 4.78 is 10.7. The summed E-state index contributed by atoms with van der Waals surface area (Å²) in [5.74, 6) is -0.0264. The van der Waals surface area contributed by atoms with Crippen molar-refractivity contribution in [1.82, 2.24) is 5.32 Å². The van der Waals surface area contributed by atoms with Crippen molar-refractivity contribution in [3.05, 3.63) is 76.2 Å². The van der Waals surface area contributed by atoms with E-state index in [1.54, 1.807) is 25.3 Å². The molecule has 0 saturated heterocycles. The monoisotopic (exact) mass is 491 g/mol. The van der Waals surface area contributed by atoms with E-state index in [-0.39, 0.29) is 16.7 Å². The standard InChI is InChI=1S/C29H33NO4S/c1-28(2)14-15-29(3,4)21-17-22(33-5)19(16-20(21)28)23-12-13-24(35-23)26(31)30-25(27(32)34-6)18-10-8-7-9-11-18/h7-13,16-17,25H,14-15H2,1-6H3,(H,30,31). The molecule has 3 aromatic rings. The van der Waals surface area contributed by atoms with Crippen LogP contribution in [0.2, 0.25) is 0 Å². The number of rotatable bonds is 6. The van der Waals surface area contributed by atoms with Gasteiger partial charge in [0.1, 0.15) is 5.75 Å². The lowest BCUT2D eigenvalue weighted by Crippen LogP contribution is -2.34. The first kappa shape index (κ1) is 25.0. The molecule has 1 aliphatic carbocycles. The van der Waals surface area contributed by atoms with E-state index in [1.165, 1.54) is 29.6 Å². The van der Waals surface area contributed by atoms with E-state index >= 15 is 0 Å². The van der Waals surface area contributed by atoms with Gasteiger partial charge in [-0.3, -0.25) is 4.79 Å². The Hall–Kier alpha value is -3.12. The zero-order chi connectivity index (χ0) is 25.4. The summed E-state index contributed by atoms with van der Waals surface area (Å²) in [6.45, 7) is 9.17. The van der Waals surface area contributed by atoms with Crippen molar-refractivity contribution in [1.29, 1.82) is 0 Å². The number of benzene rings is 2. The molecule has 0 spiro atoms. The summed E-state index contributed by atoms with van der Waals surface area (Å²) in [5, 5.41) is 2.83. The van der Waals surface area contributed by atoms with Crippen molar-refractivity contribution in [2.24, 2.45) is 0 Å². The number of amides is 1. The second-order valence-electron chi connectivity index (χ2n) is 10.4. The lowest BCUT2D eigenvalue weighted by Gasteiger charge is -2.42. The fourth-order valence-electron chi connectivity index (χ4n) is 4.80. The zero-order valence-corrected chi connectivity index (χ0v) is 22.0. The van der Waals surface area contributed by atoms with Crippen LogP contribution in [0.4, 0.5) is 0 Å². The van der Waals surface area contributed by atoms with Gasteiger partial charge in [-0.2, -0.15) is 0 Å². The molecule has 1 amide bonds. The Bertz CT molecular complexity index is 1240. The summed E-state index contributed by atoms with van der Waals surface area (Å²) in [6.07, 6.45) is 2.24. The Morgan fingerprint density at radius 3 is 2.14 bits per heavy atom. The minimum absolute atomic E-state index is 0.0623. The molecule has 5 nitrogen and oxygen atoms in total. The number of esters is 1. The van der Waals surface area contributed by atoms with Gasteiger partial charge in [-0.25, -0.2) is 4.79 Å². The van der Waals surface area contributed by atoms with Crippen molar-refractivity contribution in [2.45, 2.75) is 57.4 Å². The molecular formula is C29H33NO4S. The molecular weight excluding hydrogens is 458 g/mol. The van der Waals surface area contributed by atoms with Crippen molar-refractivity contribution >= 4 is 23.2 Å². The van der Waals surface area contributed by atoms with Crippen LogP contribution in [0.3, 0.4) is 0 Å². The van der Waals surface area contributed by atoms with Crippen LogP contribution in [-0.2, 0) is 20.4 Å². The average molecular weight is 492 g/mol. The van der Waals surface area contributed by atoms with Crippen LogP contribution < -0.4 is 10.1 Å². The quantitative estimate of drug-likeness (QED) is 0.404. The number of hydrogen-bond donors (Lipinski definition) is 1. The number of nitrogens with one attached hydrogen (secondary N) is 1. The first-order chi connectivity index (χ1) is 16.6. The summed E-state index contributed by atoms with van der Waals surface area (Å²) in [6, 6.07) is 16.4. The predicted octanol–water partition coefficient (Wildman–Crippen LogP) is 6.42. The van der Waals surface area contributed by atoms with E-state index in [2.05, 4.69) is 45.1 Å². The fourth-order valence-corrected chi connectivity index (χ4v) is 5.73. The molecule has 1 atom stereocenters. The summed E-state index contributed by atoms with van der Waals surface area (Å²) in [7, 11) is 3.01. The van der Waals surface area contributed by atoms with Gasteiger partial charge in [-0.1, -0.05) is 58.0 Å². The molecule has 184 valence electrons. The normalized spacial score (nSPS) is 16.6. The van der Waals surface area contributed by atoms with Crippen LogP contribution in [0.1, 0.15) is 72.9 Å². The van der Waals surface area contributed by atoms with Gasteiger partial charge in [0.05, 0.1) is 19.1 Å². The molecule has 0 saturated carbocycles. The third-order valence-electron chi connectivity index (χ3n) is 7.11. The highest BCUT2D eigenvalue weighted by Crippen LogP contribution is 2.49.